The van der Waals surface area contributed by atoms with E-state index in [1.54, 1.807) is 0 Å². The first-order valence-electron chi connectivity index (χ1n) is 6.22. The molecule has 1 aliphatic rings. The molecule has 3 N–H and O–H groups in total. The van der Waals surface area contributed by atoms with E-state index in [2.05, 4.69) is 17.1 Å². The molecule has 0 aliphatic heterocycles. The molecule has 0 radical (unpaired) electrons. The first-order chi connectivity index (χ1) is 8.23. The molecule has 0 spiro atoms. The lowest BCUT2D eigenvalue weighted by atomic mass is 9.64. The highest BCUT2D eigenvalue weighted by Crippen LogP contribution is 2.46. The number of halogens is 1. The summed E-state index contributed by atoms with van der Waals surface area (Å²) in [5, 5.41) is 2.00. The smallest absolute Gasteiger partial charge is 0.0457 e. The van der Waals surface area contributed by atoms with Crippen LogP contribution in [0.5, 0.6) is 0 Å². The van der Waals surface area contributed by atoms with Crippen LogP contribution in [0.2, 0.25) is 5.02 Å². The third-order valence-corrected chi connectivity index (χ3v) is 4.32. The van der Waals surface area contributed by atoms with E-state index in [0.717, 1.165) is 18.0 Å². The predicted octanol–water partition coefficient (Wildman–Crippen LogP) is 3.59. The summed E-state index contributed by atoms with van der Waals surface area (Å²) >= 11 is 6.02. The van der Waals surface area contributed by atoms with Gasteiger partial charge in [0.2, 0.25) is 0 Å². The lowest BCUT2D eigenvalue weighted by Crippen LogP contribution is -2.36. The van der Waals surface area contributed by atoms with Crippen molar-refractivity contribution in [3.8, 4) is 0 Å². The van der Waals surface area contributed by atoms with Crippen LogP contribution in [0.25, 0.3) is 10.9 Å². The maximum atomic E-state index is 6.02. The maximum Gasteiger partial charge on any atom is 0.0457 e. The molecular formula is C14H17ClN2. The van der Waals surface area contributed by atoms with E-state index in [4.69, 9.17) is 17.3 Å². The molecule has 1 heterocycles. The fourth-order valence-corrected chi connectivity index (χ4v) is 3.10. The first-order valence-corrected chi connectivity index (χ1v) is 6.60. The van der Waals surface area contributed by atoms with Gasteiger partial charge in [-0.15, -0.1) is 0 Å². The molecule has 0 atom stereocenters. The average Bonchev–Trinajstić information content (AvgIpc) is 2.66. The van der Waals surface area contributed by atoms with Crippen molar-refractivity contribution in [2.24, 2.45) is 5.73 Å². The summed E-state index contributed by atoms with van der Waals surface area (Å²) in [6.45, 7) is 0.760. The Labute approximate surface area is 106 Å². The number of aromatic nitrogens is 1. The Morgan fingerprint density at radius 2 is 2.12 bits per heavy atom. The van der Waals surface area contributed by atoms with Gasteiger partial charge in [0.1, 0.15) is 0 Å². The van der Waals surface area contributed by atoms with Gasteiger partial charge >= 0.3 is 0 Å². The zero-order valence-electron chi connectivity index (χ0n) is 9.80. The SMILES string of the molecule is NCCC1(c2cc3cc(Cl)ccc3[nH]2)CCC1. The molecule has 0 amide bonds. The van der Waals surface area contributed by atoms with E-state index in [-0.39, 0.29) is 0 Å². The zero-order valence-corrected chi connectivity index (χ0v) is 10.6. The van der Waals surface area contributed by atoms with E-state index in [9.17, 15) is 0 Å². The Hall–Kier alpha value is -0.990. The average molecular weight is 249 g/mol. The lowest BCUT2D eigenvalue weighted by molar-refractivity contribution is 0.224. The Kier molecular flexibility index (Phi) is 2.64. The summed E-state index contributed by atoms with van der Waals surface area (Å²) in [5.74, 6) is 0. The summed E-state index contributed by atoms with van der Waals surface area (Å²) in [6, 6.07) is 8.25. The number of hydrogen-bond donors (Lipinski definition) is 2. The molecule has 1 fully saturated rings. The van der Waals surface area contributed by atoms with E-state index in [0.29, 0.717) is 5.41 Å². The van der Waals surface area contributed by atoms with Crippen molar-refractivity contribution in [3.05, 3.63) is 35.0 Å². The normalized spacial score (nSPS) is 18.2. The van der Waals surface area contributed by atoms with Gasteiger partial charge in [-0.1, -0.05) is 18.0 Å². The molecule has 1 aromatic heterocycles. The molecule has 90 valence electrons. The van der Waals surface area contributed by atoms with Crippen LogP contribution in [0.1, 0.15) is 31.4 Å². The number of benzene rings is 1. The quantitative estimate of drug-likeness (QED) is 0.856. The van der Waals surface area contributed by atoms with E-state index in [1.165, 1.54) is 35.9 Å². The van der Waals surface area contributed by atoms with Gasteiger partial charge in [-0.25, -0.2) is 0 Å². The van der Waals surface area contributed by atoms with Crippen molar-refractivity contribution < 1.29 is 0 Å². The van der Waals surface area contributed by atoms with Gasteiger partial charge in [0.15, 0.2) is 0 Å². The molecule has 3 heteroatoms. The van der Waals surface area contributed by atoms with E-state index in [1.807, 2.05) is 12.1 Å². The van der Waals surface area contributed by atoms with Gasteiger partial charge < -0.3 is 10.7 Å². The second kappa shape index (κ2) is 4.04. The van der Waals surface area contributed by atoms with Crippen LogP contribution < -0.4 is 5.73 Å². The van der Waals surface area contributed by atoms with Gasteiger partial charge in [-0.3, -0.25) is 0 Å². The van der Waals surface area contributed by atoms with Crippen LogP contribution in [0.3, 0.4) is 0 Å². The largest absolute Gasteiger partial charge is 0.358 e. The number of fused-ring (bicyclic) bond motifs is 1. The number of hydrogen-bond acceptors (Lipinski definition) is 1. The van der Waals surface area contributed by atoms with Crippen molar-refractivity contribution >= 4 is 22.5 Å². The van der Waals surface area contributed by atoms with Crippen molar-refractivity contribution in [1.82, 2.24) is 4.98 Å². The molecule has 1 saturated carbocycles. The van der Waals surface area contributed by atoms with Crippen molar-refractivity contribution in [2.45, 2.75) is 31.1 Å². The van der Waals surface area contributed by atoms with Crippen LogP contribution in [-0.4, -0.2) is 11.5 Å². The number of aromatic amines is 1. The topological polar surface area (TPSA) is 41.8 Å². The van der Waals surface area contributed by atoms with E-state index < -0.39 is 0 Å². The minimum atomic E-state index is 0.306. The van der Waals surface area contributed by atoms with Crippen LogP contribution in [0.15, 0.2) is 24.3 Å². The van der Waals surface area contributed by atoms with Gasteiger partial charge in [0.25, 0.3) is 0 Å². The van der Waals surface area contributed by atoms with Crippen LogP contribution in [0, 0.1) is 0 Å². The monoisotopic (exact) mass is 248 g/mol. The zero-order chi connectivity index (χ0) is 11.9. The molecule has 2 aromatic rings. The summed E-state index contributed by atoms with van der Waals surface area (Å²) < 4.78 is 0. The number of nitrogens with one attached hydrogen (secondary N) is 1. The minimum absolute atomic E-state index is 0.306. The molecule has 1 aliphatic carbocycles. The van der Waals surface area contributed by atoms with Crippen molar-refractivity contribution in [1.29, 1.82) is 0 Å². The predicted molar refractivity (Wildman–Crippen MR) is 72.5 cm³/mol. The Bertz CT molecular complexity index is 540. The summed E-state index contributed by atoms with van der Waals surface area (Å²) in [5.41, 5.74) is 8.56. The van der Waals surface area contributed by atoms with Gasteiger partial charge in [-0.2, -0.15) is 0 Å². The van der Waals surface area contributed by atoms with Crippen molar-refractivity contribution in [3.63, 3.8) is 0 Å². The number of nitrogens with two attached hydrogens (primary N) is 1. The standard InChI is InChI=1S/C14H17ClN2/c15-11-2-3-12-10(8-11)9-13(17-12)14(6-7-16)4-1-5-14/h2-3,8-9,17H,1,4-7,16H2. The molecule has 3 rings (SSSR count). The van der Waals surface area contributed by atoms with Crippen LogP contribution in [-0.2, 0) is 5.41 Å². The Morgan fingerprint density at radius 3 is 2.76 bits per heavy atom. The number of rotatable bonds is 3. The molecule has 0 unspecified atom stereocenters. The minimum Gasteiger partial charge on any atom is -0.358 e. The Morgan fingerprint density at radius 1 is 1.29 bits per heavy atom. The van der Waals surface area contributed by atoms with Crippen LogP contribution in [0.4, 0.5) is 0 Å². The molecule has 1 aromatic carbocycles. The fraction of sp³-hybridized carbons (Fsp3) is 0.429. The second-order valence-electron chi connectivity index (χ2n) is 5.09. The molecule has 0 saturated heterocycles. The molecule has 17 heavy (non-hydrogen) atoms. The summed E-state index contributed by atoms with van der Waals surface area (Å²) in [6.07, 6.45) is 4.90. The molecular weight excluding hydrogens is 232 g/mol. The fourth-order valence-electron chi connectivity index (χ4n) is 2.92. The summed E-state index contributed by atoms with van der Waals surface area (Å²) in [7, 11) is 0. The summed E-state index contributed by atoms with van der Waals surface area (Å²) in [4.78, 5) is 3.54. The maximum absolute atomic E-state index is 6.02. The van der Waals surface area contributed by atoms with E-state index >= 15 is 0 Å². The van der Waals surface area contributed by atoms with Crippen LogP contribution >= 0.6 is 11.6 Å². The highest BCUT2D eigenvalue weighted by atomic mass is 35.5. The molecule has 2 nitrogen and oxygen atoms in total. The third-order valence-electron chi connectivity index (χ3n) is 4.09. The lowest BCUT2D eigenvalue weighted by Gasteiger charge is -2.41. The van der Waals surface area contributed by atoms with Gasteiger partial charge in [0, 0.05) is 27.0 Å². The van der Waals surface area contributed by atoms with Crippen molar-refractivity contribution in [2.75, 3.05) is 6.54 Å². The van der Waals surface area contributed by atoms with Gasteiger partial charge in [0.05, 0.1) is 0 Å². The first kappa shape index (κ1) is 11.1. The Balaban J connectivity index is 2.05. The number of H-pyrrole nitrogens is 1. The second-order valence-corrected chi connectivity index (χ2v) is 5.52. The van der Waals surface area contributed by atoms with Gasteiger partial charge in [-0.05, 0) is 50.1 Å². The molecule has 0 bridgehead atoms. The highest BCUT2D eigenvalue weighted by molar-refractivity contribution is 6.31. The highest BCUT2D eigenvalue weighted by Gasteiger charge is 2.38. The third kappa shape index (κ3) is 1.76.